The molecule has 1 aromatic rings. The number of imidazole rings is 1. The molecule has 6 heteroatoms. The third-order valence-corrected chi connectivity index (χ3v) is 2.87. The van der Waals surface area contributed by atoms with Gasteiger partial charge in [0.05, 0.1) is 12.1 Å². The number of hydrogen-bond donors (Lipinski definition) is 4. The zero-order valence-corrected chi connectivity index (χ0v) is 9.65. The molecule has 2 atom stereocenters. The zero-order valence-electron chi connectivity index (χ0n) is 9.65. The zero-order chi connectivity index (χ0) is 12.1. The number of rotatable bonds is 5. The molecule has 94 valence electrons. The fourth-order valence-electron chi connectivity index (χ4n) is 1.94. The van der Waals surface area contributed by atoms with Crippen LogP contribution in [0.15, 0.2) is 12.4 Å². The van der Waals surface area contributed by atoms with Gasteiger partial charge in [-0.15, -0.1) is 0 Å². The van der Waals surface area contributed by atoms with E-state index in [0.717, 1.165) is 18.7 Å². The summed E-state index contributed by atoms with van der Waals surface area (Å²) in [6.07, 6.45) is 5.30. The molecule has 1 aliphatic heterocycles. The highest BCUT2D eigenvalue weighted by atomic mass is 16.3. The van der Waals surface area contributed by atoms with Gasteiger partial charge in [0.1, 0.15) is 5.82 Å². The van der Waals surface area contributed by atoms with Gasteiger partial charge in [-0.25, -0.2) is 4.98 Å². The van der Waals surface area contributed by atoms with E-state index < -0.39 is 6.10 Å². The third kappa shape index (κ3) is 3.54. The van der Waals surface area contributed by atoms with E-state index in [1.54, 1.807) is 12.4 Å². The maximum absolute atomic E-state index is 11.6. The number of nitrogens with one attached hydrogen (secondary N) is 3. The predicted octanol–water partition coefficient (Wildman–Crippen LogP) is -0.819. The molecule has 1 saturated heterocycles. The average Bonchev–Trinajstić information content (AvgIpc) is 2.95. The van der Waals surface area contributed by atoms with Gasteiger partial charge < -0.3 is 20.7 Å². The van der Waals surface area contributed by atoms with Crippen LogP contribution in [0.1, 0.15) is 18.7 Å². The van der Waals surface area contributed by atoms with Crippen LogP contribution in [0.2, 0.25) is 0 Å². The molecule has 4 N–H and O–H groups in total. The Balaban J connectivity index is 1.60. The van der Waals surface area contributed by atoms with Crippen LogP contribution in [0.4, 0.5) is 0 Å². The molecule has 0 saturated carbocycles. The van der Waals surface area contributed by atoms with Gasteiger partial charge >= 0.3 is 0 Å². The molecule has 0 radical (unpaired) electrons. The Morgan fingerprint density at radius 3 is 3.18 bits per heavy atom. The number of aliphatic hydroxyl groups excluding tert-OH is 1. The van der Waals surface area contributed by atoms with Crippen LogP contribution in [0, 0.1) is 0 Å². The number of aliphatic hydroxyl groups is 1. The maximum atomic E-state index is 11.6. The minimum atomic E-state index is -0.395. The van der Waals surface area contributed by atoms with Crippen LogP contribution in [-0.2, 0) is 11.2 Å². The maximum Gasteiger partial charge on any atom is 0.237 e. The van der Waals surface area contributed by atoms with Gasteiger partial charge in [0.2, 0.25) is 5.91 Å². The van der Waals surface area contributed by atoms with Gasteiger partial charge in [-0.3, -0.25) is 4.79 Å². The van der Waals surface area contributed by atoms with Crippen LogP contribution in [-0.4, -0.2) is 46.2 Å². The number of amides is 1. The van der Waals surface area contributed by atoms with Crippen molar-refractivity contribution in [1.82, 2.24) is 20.6 Å². The second-order valence-corrected chi connectivity index (χ2v) is 4.28. The Hall–Kier alpha value is -1.40. The predicted molar refractivity (Wildman–Crippen MR) is 62.3 cm³/mol. The summed E-state index contributed by atoms with van der Waals surface area (Å²) >= 11 is 0. The summed E-state index contributed by atoms with van der Waals surface area (Å²) in [6.45, 7) is 1.14. The van der Waals surface area contributed by atoms with Gasteiger partial charge in [0, 0.05) is 31.9 Å². The fraction of sp³-hybridized carbons (Fsp3) is 0.636. The van der Waals surface area contributed by atoms with Gasteiger partial charge in [0.25, 0.3) is 0 Å². The van der Waals surface area contributed by atoms with Crippen molar-refractivity contribution < 1.29 is 9.90 Å². The number of aromatic nitrogens is 2. The van der Waals surface area contributed by atoms with Crippen molar-refractivity contribution in [2.45, 2.75) is 31.4 Å². The van der Waals surface area contributed by atoms with E-state index in [4.69, 9.17) is 0 Å². The van der Waals surface area contributed by atoms with Crippen LogP contribution in [0.5, 0.6) is 0 Å². The van der Waals surface area contributed by atoms with E-state index in [2.05, 4.69) is 20.6 Å². The highest BCUT2D eigenvalue weighted by Crippen LogP contribution is 2.05. The first-order valence-electron chi connectivity index (χ1n) is 5.93. The first-order chi connectivity index (χ1) is 8.25. The van der Waals surface area contributed by atoms with E-state index in [0.29, 0.717) is 19.5 Å². The van der Waals surface area contributed by atoms with Crippen molar-refractivity contribution in [1.29, 1.82) is 0 Å². The Morgan fingerprint density at radius 1 is 1.65 bits per heavy atom. The summed E-state index contributed by atoms with van der Waals surface area (Å²) in [7, 11) is 0. The smallest absolute Gasteiger partial charge is 0.237 e. The average molecular weight is 238 g/mol. The van der Waals surface area contributed by atoms with E-state index >= 15 is 0 Å². The standard InChI is InChI=1S/C11H18N4O2/c16-8-6-9(15-7-8)11(17)14-3-1-2-10-12-4-5-13-10/h4-5,8-9,15-16H,1-3,6-7H2,(H,12,13)(H,14,17). The molecule has 17 heavy (non-hydrogen) atoms. The molecule has 1 aliphatic rings. The number of carbonyl (C=O) groups excluding carboxylic acids is 1. The number of H-pyrrole nitrogens is 1. The van der Waals surface area contributed by atoms with Crippen molar-refractivity contribution in [3.63, 3.8) is 0 Å². The van der Waals surface area contributed by atoms with Crippen molar-refractivity contribution in [3.8, 4) is 0 Å². The number of β-amino-alcohol motifs (C(OH)–C–C–N with tert-alkyl or cyclic N) is 1. The van der Waals surface area contributed by atoms with E-state index in [1.807, 2.05) is 0 Å². The summed E-state index contributed by atoms with van der Waals surface area (Å²) in [4.78, 5) is 18.8. The highest BCUT2D eigenvalue weighted by molar-refractivity contribution is 5.82. The van der Waals surface area contributed by atoms with E-state index in [9.17, 15) is 9.90 Å². The lowest BCUT2D eigenvalue weighted by atomic mass is 10.2. The van der Waals surface area contributed by atoms with Crippen molar-refractivity contribution in [3.05, 3.63) is 18.2 Å². The van der Waals surface area contributed by atoms with Gasteiger partial charge in [-0.1, -0.05) is 0 Å². The molecular weight excluding hydrogens is 220 g/mol. The molecule has 0 aliphatic carbocycles. The lowest BCUT2D eigenvalue weighted by Gasteiger charge is -2.10. The monoisotopic (exact) mass is 238 g/mol. The number of aromatic amines is 1. The second-order valence-electron chi connectivity index (χ2n) is 4.28. The number of nitrogens with zero attached hydrogens (tertiary/aromatic N) is 1. The van der Waals surface area contributed by atoms with Crippen molar-refractivity contribution >= 4 is 5.91 Å². The molecule has 6 nitrogen and oxygen atoms in total. The summed E-state index contributed by atoms with van der Waals surface area (Å²) in [5.74, 6) is 0.912. The summed E-state index contributed by atoms with van der Waals surface area (Å²) in [5, 5.41) is 15.1. The normalized spacial score (nSPS) is 23.8. The quantitative estimate of drug-likeness (QED) is 0.505. The third-order valence-electron chi connectivity index (χ3n) is 2.87. The Bertz CT molecular complexity index is 352. The molecule has 1 fully saturated rings. The lowest BCUT2D eigenvalue weighted by molar-refractivity contribution is -0.122. The first kappa shape index (κ1) is 12.1. The molecule has 1 aromatic heterocycles. The summed E-state index contributed by atoms with van der Waals surface area (Å²) in [6, 6.07) is -0.242. The number of hydrogen-bond acceptors (Lipinski definition) is 4. The van der Waals surface area contributed by atoms with Crippen LogP contribution >= 0.6 is 0 Å². The van der Waals surface area contributed by atoms with Crippen LogP contribution in [0.3, 0.4) is 0 Å². The molecular formula is C11H18N4O2. The van der Waals surface area contributed by atoms with Crippen molar-refractivity contribution in [2.75, 3.05) is 13.1 Å². The number of aryl methyl sites for hydroxylation is 1. The SMILES string of the molecule is O=C(NCCCc1ncc[nH]1)C1CC(O)CN1. The molecule has 1 amide bonds. The minimum Gasteiger partial charge on any atom is -0.392 e. The lowest BCUT2D eigenvalue weighted by Crippen LogP contribution is -2.40. The van der Waals surface area contributed by atoms with E-state index in [-0.39, 0.29) is 11.9 Å². The molecule has 2 heterocycles. The van der Waals surface area contributed by atoms with Crippen LogP contribution in [0.25, 0.3) is 0 Å². The molecule has 0 bridgehead atoms. The molecule has 2 unspecified atom stereocenters. The Labute approximate surface area is 99.8 Å². The number of carbonyl (C=O) groups is 1. The Morgan fingerprint density at radius 2 is 2.53 bits per heavy atom. The molecule has 0 aromatic carbocycles. The molecule has 0 spiro atoms. The van der Waals surface area contributed by atoms with Crippen molar-refractivity contribution in [2.24, 2.45) is 0 Å². The first-order valence-corrected chi connectivity index (χ1v) is 5.93. The largest absolute Gasteiger partial charge is 0.392 e. The minimum absolute atomic E-state index is 0.0269. The van der Waals surface area contributed by atoms with Crippen LogP contribution < -0.4 is 10.6 Å². The second kappa shape index (κ2) is 5.79. The fourth-order valence-corrected chi connectivity index (χ4v) is 1.94. The van der Waals surface area contributed by atoms with Gasteiger partial charge in [0.15, 0.2) is 0 Å². The van der Waals surface area contributed by atoms with Gasteiger partial charge in [-0.05, 0) is 12.8 Å². The molecule has 2 rings (SSSR count). The van der Waals surface area contributed by atoms with Gasteiger partial charge in [-0.2, -0.15) is 0 Å². The topological polar surface area (TPSA) is 90.0 Å². The highest BCUT2D eigenvalue weighted by Gasteiger charge is 2.27. The summed E-state index contributed by atoms with van der Waals surface area (Å²) in [5.41, 5.74) is 0. The Kier molecular flexibility index (Phi) is 4.11. The summed E-state index contributed by atoms with van der Waals surface area (Å²) < 4.78 is 0. The van der Waals surface area contributed by atoms with E-state index in [1.165, 1.54) is 0 Å².